The van der Waals surface area contributed by atoms with Crippen molar-refractivity contribution in [3.05, 3.63) is 52.9 Å². The smallest absolute Gasteiger partial charge is 0.124 e. The highest BCUT2D eigenvalue weighted by atomic mass is 32.1. The SMILES string of the molecule is Cc1ncn(Cc2cc(F)cc(C(N)=S)c2)c1C. The van der Waals surface area contributed by atoms with E-state index >= 15 is 0 Å². The van der Waals surface area contributed by atoms with Crippen molar-refractivity contribution in [3.63, 3.8) is 0 Å². The molecular weight excluding hydrogens is 249 g/mol. The molecule has 0 spiro atoms. The van der Waals surface area contributed by atoms with E-state index in [4.69, 9.17) is 18.0 Å². The summed E-state index contributed by atoms with van der Waals surface area (Å²) in [5.74, 6) is -0.329. The van der Waals surface area contributed by atoms with E-state index in [0.29, 0.717) is 12.1 Å². The number of halogens is 1. The molecule has 0 fully saturated rings. The van der Waals surface area contributed by atoms with Crippen LogP contribution in [0.5, 0.6) is 0 Å². The van der Waals surface area contributed by atoms with Gasteiger partial charge in [0.05, 0.1) is 12.0 Å². The minimum Gasteiger partial charge on any atom is -0.389 e. The molecule has 18 heavy (non-hydrogen) atoms. The van der Waals surface area contributed by atoms with E-state index in [9.17, 15) is 4.39 Å². The van der Waals surface area contributed by atoms with Gasteiger partial charge in [-0.05, 0) is 37.6 Å². The first-order chi connectivity index (χ1) is 8.47. The fraction of sp³-hybridized carbons (Fsp3) is 0.231. The molecule has 0 saturated heterocycles. The van der Waals surface area contributed by atoms with Crippen LogP contribution >= 0.6 is 12.2 Å². The van der Waals surface area contributed by atoms with E-state index in [2.05, 4.69) is 4.98 Å². The first-order valence-electron chi connectivity index (χ1n) is 5.55. The molecule has 0 radical (unpaired) electrons. The summed E-state index contributed by atoms with van der Waals surface area (Å²) in [6, 6.07) is 4.63. The van der Waals surface area contributed by atoms with Crippen molar-refractivity contribution in [2.45, 2.75) is 20.4 Å². The molecule has 2 rings (SSSR count). The maximum Gasteiger partial charge on any atom is 0.124 e. The second-order valence-electron chi connectivity index (χ2n) is 4.26. The monoisotopic (exact) mass is 263 g/mol. The molecule has 0 amide bonds. The second kappa shape index (κ2) is 4.86. The van der Waals surface area contributed by atoms with E-state index in [1.54, 1.807) is 12.4 Å². The summed E-state index contributed by atoms with van der Waals surface area (Å²) in [5.41, 5.74) is 8.93. The predicted octanol–water partition coefficient (Wildman–Crippen LogP) is 2.32. The van der Waals surface area contributed by atoms with Gasteiger partial charge in [0, 0.05) is 17.8 Å². The van der Waals surface area contributed by atoms with Gasteiger partial charge in [0.15, 0.2) is 0 Å². The fourth-order valence-corrected chi connectivity index (χ4v) is 1.90. The van der Waals surface area contributed by atoms with Gasteiger partial charge in [-0.25, -0.2) is 9.37 Å². The Morgan fingerprint density at radius 3 is 2.67 bits per heavy atom. The number of rotatable bonds is 3. The number of aryl methyl sites for hydroxylation is 1. The molecule has 5 heteroatoms. The Labute approximate surface area is 110 Å². The number of aromatic nitrogens is 2. The highest BCUT2D eigenvalue weighted by molar-refractivity contribution is 7.80. The molecule has 1 aromatic carbocycles. The van der Waals surface area contributed by atoms with Gasteiger partial charge in [0.25, 0.3) is 0 Å². The summed E-state index contributed by atoms with van der Waals surface area (Å²) in [6.45, 7) is 4.48. The number of imidazole rings is 1. The molecule has 1 heterocycles. The van der Waals surface area contributed by atoms with Crippen LogP contribution in [0.4, 0.5) is 4.39 Å². The van der Waals surface area contributed by atoms with Crippen LogP contribution < -0.4 is 5.73 Å². The van der Waals surface area contributed by atoms with Gasteiger partial charge in [0.2, 0.25) is 0 Å². The van der Waals surface area contributed by atoms with Crippen LogP contribution in [-0.4, -0.2) is 14.5 Å². The van der Waals surface area contributed by atoms with Gasteiger partial charge in [-0.3, -0.25) is 0 Å². The Hall–Kier alpha value is -1.75. The number of nitrogens with two attached hydrogens (primary N) is 1. The average molecular weight is 263 g/mol. The highest BCUT2D eigenvalue weighted by Gasteiger charge is 2.06. The first-order valence-corrected chi connectivity index (χ1v) is 5.96. The van der Waals surface area contributed by atoms with E-state index in [1.165, 1.54) is 12.1 Å². The lowest BCUT2D eigenvalue weighted by Crippen LogP contribution is -2.11. The summed E-state index contributed by atoms with van der Waals surface area (Å²) in [7, 11) is 0. The maximum absolute atomic E-state index is 13.5. The molecule has 0 atom stereocenters. The number of thiocarbonyl (C=S) groups is 1. The summed E-state index contributed by atoms with van der Waals surface area (Å²) in [4.78, 5) is 4.41. The summed E-state index contributed by atoms with van der Waals surface area (Å²) in [5, 5.41) is 0. The zero-order valence-electron chi connectivity index (χ0n) is 10.3. The van der Waals surface area contributed by atoms with Crippen LogP contribution in [0, 0.1) is 19.7 Å². The van der Waals surface area contributed by atoms with E-state index in [-0.39, 0.29) is 10.8 Å². The third-order valence-electron chi connectivity index (χ3n) is 2.94. The molecule has 2 N–H and O–H groups in total. The van der Waals surface area contributed by atoms with Crippen LogP contribution in [0.25, 0.3) is 0 Å². The number of benzene rings is 1. The van der Waals surface area contributed by atoms with Crippen LogP contribution in [0.2, 0.25) is 0 Å². The second-order valence-corrected chi connectivity index (χ2v) is 4.70. The van der Waals surface area contributed by atoms with Crippen LogP contribution in [0.1, 0.15) is 22.5 Å². The van der Waals surface area contributed by atoms with Crippen molar-refractivity contribution in [2.75, 3.05) is 0 Å². The maximum atomic E-state index is 13.5. The van der Waals surface area contributed by atoms with Crippen LogP contribution in [-0.2, 0) is 6.54 Å². The minimum atomic E-state index is -0.329. The molecule has 2 aromatic rings. The molecule has 0 bridgehead atoms. The molecular formula is C13H14FN3S. The zero-order valence-corrected chi connectivity index (χ0v) is 11.1. The Bertz CT molecular complexity index is 604. The van der Waals surface area contributed by atoms with Gasteiger partial charge in [0.1, 0.15) is 10.8 Å². The highest BCUT2D eigenvalue weighted by Crippen LogP contribution is 2.13. The third-order valence-corrected chi connectivity index (χ3v) is 3.18. The lowest BCUT2D eigenvalue weighted by Gasteiger charge is -2.08. The van der Waals surface area contributed by atoms with Crippen molar-refractivity contribution < 1.29 is 4.39 Å². The lowest BCUT2D eigenvalue weighted by molar-refractivity contribution is 0.622. The van der Waals surface area contributed by atoms with Gasteiger partial charge in [-0.2, -0.15) is 0 Å². The fourth-order valence-electron chi connectivity index (χ4n) is 1.78. The number of hydrogen-bond donors (Lipinski definition) is 1. The average Bonchev–Trinajstić information content (AvgIpc) is 2.60. The van der Waals surface area contributed by atoms with Crippen LogP contribution in [0.15, 0.2) is 24.5 Å². The molecule has 3 nitrogen and oxygen atoms in total. The quantitative estimate of drug-likeness (QED) is 0.864. The molecule has 0 aliphatic carbocycles. The predicted molar refractivity (Wildman–Crippen MR) is 73.1 cm³/mol. The van der Waals surface area contributed by atoms with Crippen molar-refractivity contribution in [1.82, 2.24) is 9.55 Å². The Morgan fingerprint density at radius 1 is 1.39 bits per heavy atom. The Morgan fingerprint density at radius 2 is 2.11 bits per heavy atom. The van der Waals surface area contributed by atoms with Crippen LogP contribution in [0.3, 0.4) is 0 Å². The molecule has 94 valence electrons. The van der Waals surface area contributed by atoms with E-state index in [0.717, 1.165) is 17.0 Å². The van der Waals surface area contributed by atoms with Gasteiger partial charge >= 0.3 is 0 Å². The summed E-state index contributed by atoms with van der Waals surface area (Å²) in [6.07, 6.45) is 1.75. The largest absolute Gasteiger partial charge is 0.389 e. The topological polar surface area (TPSA) is 43.8 Å². The van der Waals surface area contributed by atoms with Crippen molar-refractivity contribution in [1.29, 1.82) is 0 Å². The molecule has 0 unspecified atom stereocenters. The molecule has 0 aliphatic rings. The normalized spacial score (nSPS) is 10.6. The van der Waals surface area contributed by atoms with Crippen molar-refractivity contribution in [3.8, 4) is 0 Å². The Kier molecular flexibility index (Phi) is 3.43. The number of hydrogen-bond acceptors (Lipinski definition) is 2. The molecule has 1 aromatic heterocycles. The van der Waals surface area contributed by atoms with E-state index < -0.39 is 0 Å². The number of nitrogens with zero attached hydrogens (tertiary/aromatic N) is 2. The van der Waals surface area contributed by atoms with Gasteiger partial charge < -0.3 is 10.3 Å². The Balaban J connectivity index is 2.34. The lowest BCUT2D eigenvalue weighted by atomic mass is 10.1. The van der Waals surface area contributed by atoms with Gasteiger partial charge in [-0.1, -0.05) is 12.2 Å². The molecule has 0 aliphatic heterocycles. The first kappa shape index (κ1) is 12.7. The minimum absolute atomic E-state index is 0.203. The van der Waals surface area contributed by atoms with E-state index in [1.807, 2.05) is 18.4 Å². The summed E-state index contributed by atoms with van der Waals surface area (Å²) >= 11 is 4.87. The molecule has 0 saturated carbocycles. The standard InChI is InChI=1S/C13H14FN3S/c1-8-9(2)17(7-16-8)6-10-3-11(13(15)18)5-12(14)4-10/h3-5,7H,6H2,1-2H3,(H2,15,18). The zero-order chi connectivity index (χ0) is 13.3. The van der Waals surface area contributed by atoms with Crippen molar-refractivity contribution >= 4 is 17.2 Å². The third kappa shape index (κ3) is 2.56. The van der Waals surface area contributed by atoms with Crippen molar-refractivity contribution in [2.24, 2.45) is 5.73 Å². The summed E-state index contributed by atoms with van der Waals surface area (Å²) < 4.78 is 15.4. The van der Waals surface area contributed by atoms with Gasteiger partial charge in [-0.15, -0.1) is 0 Å².